The van der Waals surface area contributed by atoms with E-state index in [1.807, 2.05) is 0 Å². The van der Waals surface area contributed by atoms with Gasteiger partial charge in [-0.25, -0.2) is 0 Å². The molecule has 1 aromatic carbocycles. The molecule has 4 heteroatoms. The van der Waals surface area contributed by atoms with Crippen molar-refractivity contribution in [2.45, 2.75) is 76.8 Å². The Morgan fingerprint density at radius 3 is 2.32 bits per heavy atom. The zero-order chi connectivity index (χ0) is 19.1. The van der Waals surface area contributed by atoms with Crippen molar-refractivity contribution in [2.75, 3.05) is 36.0 Å². The van der Waals surface area contributed by atoms with Gasteiger partial charge in [0.05, 0.1) is 5.41 Å². The Bertz CT molecular complexity index is 709. The molecule has 0 N–H and O–H groups in total. The molecular weight excluding hydrogens is 346 g/mol. The quantitative estimate of drug-likeness (QED) is 0.775. The number of nitrogens with zero attached hydrogens (tertiary/aromatic N) is 3. The Morgan fingerprint density at radius 1 is 0.857 bits per heavy atom. The second kappa shape index (κ2) is 7.37. The number of rotatable bonds is 3. The summed E-state index contributed by atoms with van der Waals surface area (Å²) in [6.07, 6.45) is 11.0. The third-order valence-electron chi connectivity index (χ3n) is 8.09. The van der Waals surface area contributed by atoms with Gasteiger partial charge in [-0.3, -0.25) is 9.69 Å². The molecule has 1 saturated carbocycles. The molecule has 1 aliphatic carbocycles. The summed E-state index contributed by atoms with van der Waals surface area (Å²) in [4.78, 5) is 20.5. The number of hydrogen-bond donors (Lipinski definition) is 0. The molecule has 0 unspecified atom stereocenters. The van der Waals surface area contributed by atoms with E-state index in [0.29, 0.717) is 11.9 Å². The molecule has 1 spiro atoms. The van der Waals surface area contributed by atoms with Crippen molar-refractivity contribution < 1.29 is 4.79 Å². The molecule has 152 valence electrons. The van der Waals surface area contributed by atoms with Gasteiger partial charge in [0, 0.05) is 43.1 Å². The maximum Gasteiger partial charge on any atom is 0.233 e. The van der Waals surface area contributed by atoms with Crippen molar-refractivity contribution in [3.05, 3.63) is 24.3 Å². The van der Waals surface area contributed by atoms with E-state index in [0.717, 1.165) is 50.6 Å². The van der Waals surface area contributed by atoms with E-state index in [9.17, 15) is 4.79 Å². The fraction of sp³-hybridized carbons (Fsp3) is 0.708. The van der Waals surface area contributed by atoms with Gasteiger partial charge in [0.1, 0.15) is 0 Å². The molecule has 28 heavy (non-hydrogen) atoms. The Kier molecular flexibility index (Phi) is 4.86. The van der Waals surface area contributed by atoms with Gasteiger partial charge in [0.2, 0.25) is 5.91 Å². The van der Waals surface area contributed by atoms with Crippen molar-refractivity contribution >= 4 is 17.3 Å². The lowest BCUT2D eigenvalue weighted by atomic mass is 9.73. The van der Waals surface area contributed by atoms with Crippen molar-refractivity contribution in [2.24, 2.45) is 5.41 Å². The van der Waals surface area contributed by atoms with E-state index in [1.165, 1.54) is 50.8 Å². The maximum atomic E-state index is 13.2. The minimum atomic E-state index is -0.0362. The largest absolute Gasteiger partial charge is 0.370 e. The third kappa shape index (κ3) is 3.14. The summed E-state index contributed by atoms with van der Waals surface area (Å²) >= 11 is 0. The smallest absolute Gasteiger partial charge is 0.233 e. The third-order valence-corrected chi connectivity index (χ3v) is 8.09. The molecule has 0 aromatic heterocycles. The summed E-state index contributed by atoms with van der Waals surface area (Å²) in [5.41, 5.74) is 2.38. The average molecular weight is 382 g/mol. The predicted octanol–water partition coefficient (Wildman–Crippen LogP) is 4.44. The zero-order valence-electron chi connectivity index (χ0n) is 17.4. The van der Waals surface area contributed by atoms with Crippen molar-refractivity contribution in [3.63, 3.8) is 0 Å². The first-order valence-corrected chi connectivity index (χ1v) is 11.6. The summed E-state index contributed by atoms with van der Waals surface area (Å²) < 4.78 is 0. The first-order chi connectivity index (χ1) is 13.7. The van der Waals surface area contributed by atoms with Gasteiger partial charge in [0.25, 0.3) is 0 Å². The van der Waals surface area contributed by atoms with E-state index in [2.05, 4.69) is 45.9 Å². The number of carbonyl (C=O) groups is 1. The summed E-state index contributed by atoms with van der Waals surface area (Å²) in [6, 6.07) is 10.3. The van der Waals surface area contributed by atoms with Crippen LogP contribution in [0.15, 0.2) is 24.3 Å². The second-order valence-corrected chi connectivity index (χ2v) is 9.68. The lowest BCUT2D eigenvalue weighted by Crippen LogP contribution is -2.39. The monoisotopic (exact) mass is 381 g/mol. The molecule has 3 heterocycles. The highest BCUT2D eigenvalue weighted by atomic mass is 16.2. The predicted molar refractivity (Wildman–Crippen MR) is 115 cm³/mol. The van der Waals surface area contributed by atoms with Gasteiger partial charge in [-0.2, -0.15) is 0 Å². The molecule has 0 bridgehead atoms. The Labute approximate surface area is 169 Å². The molecular formula is C24H35N3O. The van der Waals surface area contributed by atoms with E-state index < -0.39 is 0 Å². The van der Waals surface area contributed by atoms with Crippen molar-refractivity contribution in [1.29, 1.82) is 0 Å². The standard InChI is InChI=1S/C24H35N3O/c1-19-6-5-15-26(19)22-11-16-25(18-22)20-7-9-21(10-8-20)27-17-14-24(23(27)28)12-3-2-4-13-24/h7-10,19,22H,2-6,11-18H2,1H3/t19-,22-/m0/s1. The van der Waals surface area contributed by atoms with Crippen LogP contribution in [0.5, 0.6) is 0 Å². The highest BCUT2D eigenvalue weighted by molar-refractivity contribution is 6.00. The summed E-state index contributed by atoms with van der Waals surface area (Å²) in [5.74, 6) is 0.393. The fourth-order valence-electron chi connectivity index (χ4n) is 6.35. The van der Waals surface area contributed by atoms with Gasteiger partial charge in [-0.15, -0.1) is 0 Å². The second-order valence-electron chi connectivity index (χ2n) is 9.68. The Hall–Kier alpha value is -1.55. The molecule has 5 rings (SSSR count). The summed E-state index contributed by atoms with van der Waals surface area (Å²) in [6.45, 7) is 6.86. The maximum absolute atomic E-state index is 13.2. The highest BCUT2D eigenvalue weighted by Gasteiger charge is 2.47. The Balaban J connectivity index is 1.25. The van der Waals surface area contributed by atoms with Crippen LogP contribution < -0.4 is 9.80 Å². The van der Waals surface area contributed by atoms with Crippen LogP contribution >= 0.6 is 0 Å². The number of hydrogen-bond acceptors (Lipinski definition) is 3. The van der Waals surface area contributed by atoms with E-state index in [1.54, 1.807) is 0 Å². The zero-order valence-corrected chi connectivity index (χ0v) is 17.4. The molecule has 2 atom stereocenters. The topological polar surface area (TPSA) is 26.8 Å². The molecule has 3 aliphatic heterocycles. The molecule has 4 fully saturated rings. The van der Waals surface area contributed by atoms with Crippen LogP contribution in [0, 0.1) is 5.41 Å². The average Bonchev–Trinajstić information content (AvgIpc) is 3.44. The fourth-order valence-corrected chi connectivity index (χ4v) is 6.35. The van der Waals surface area contributed by atoms with E-state index >= 15 is 0 Å². The first-order valence-electron chi connectivity index (χ1n) is 11.6. The van der Waals surface area contributed by atoms with Gasteiger partial charge < -0.3 is 9.80 Å². The minimum Gasteiger partial charge on any atom is -0.370 e. The summed E-state index contributed by atoms with van der Waals surface area (Å²) in [5, 5.41) is 0. The Morgan fingerprint density at radius 2 is 1.61 bits per heavy atom. The molecule has 1 aromatic rings. The van der Waals surface area contributed by atoms with Gasteiger partial charge >= 0.3 is 0 Å². The molecule has 0 radical (unpaired) electrons. The number of amides is 1. The molecule has 4 aliphatic rings. The van der Waals surface area contributed by atoms with Crippen LogP contribution in [0.4, 0.5) is 11.4 Å². The van der Waals surface area contributed by atoms with Gasteiger partial charge in [-0.1, -0.05) is 19.3 Å². The normalized spacial score (nSPS) is 30.7. The highest BCUT2D eigenvalue weighted by Crippen LogP contribution is 2.46. The molecule has 4 nitrogen and oxygen atoms in total. The van der Waals surface area contributed by atoms with Crippen molar-refractivity contribution in [3.8, 4) is 0 Å². The van der Waals surface area contributed by atoms with Gasteiger partial charge in [0.15, 0.2) is 0 Å². The van der Waals surface area contributed by atoms with E-state index in [4.69, 9.17) is 0 Å². The summed E-state index contributed by atoms with van der Waals surface area (Å²) in [7, 11) is 0. The van der Waals surface area contributed by atoms with Crippen LogP contribution in [0.25, 0.3) is 0 Å². The van der Waals surface area contributed by atoms with Crippen LogP contribution in [0.1, 0.15) is 64.7 Å². The van der Waals surface area contributed by atoms with Gasteiger partial charge in [-0.05, 0) is 76.3 Å². The lowest BCUT2D eigenvalue weighted by Gasteiger charge is -2.31. The molecule has 1 amide bonds. The first kappa shape index (κ1) is 18.5. The van der Waals surface area contributed by atoms with E-state index in [-0.39, 0.29) is 5.41 Å². The number of carbonyl (C=O) groups excluding carboxylic acids is 1. The lowest BCUT2D eigenvalue weighted by molar-refractivity contribution is -0.127. The SMILES string of the molecule is C[C@H]1CCCN1[C@H]1CCN(c2ccc(N3CCC4(CCCCC4)C3=O)cc2)C1. The van der Waals surface area contributed by atoms with Crippen LogP contribution in [0.2, 0.25) is 0 Å². The number of likely N-dealkylation sites (tertiary alicyclic amines) is 1. The minimum absolute atomic E-state index is 0.0362. The van der Waals surface area contributed by atoms with Crippen LogP contribution in [-0.2, 0) is 4.79 Å². The van der Waals surface area contributed by atoms with Crippen molar-refractivity contribution in [1.82, 2.24) is 4.90 Å². The number of benzene rings is 1. The van der Waals surface area contributed by atoms with Crippen LogP contribution in [-0.4, -0.2) is 49.1 Å². The number of anilines is 2. The molecule has 3 saturated heterocycles. The van der Waals surface area contributed by atoms with Crippen LogP contribution in [0.3, 0.4) is 0 Å².